The number of rotatable bonds is 6. The van der Waals surface area contributed by atoms with Crippen LogP contribution in [-0.4, -0.2) is 58.0 Å². The molecular weight excluding hydrogens is 386 g/mol. The van der Waals surface area contributed by atoms with Crippen LogP contribution in [-0.2, 0) is 16.0 Å². The van der Waals surface area contributed by atoms with E-state index in [0.29, 0.717) is 25.2 Å². The van der Waals surface area contributed by atoms with Crippen molar-refractivity contribution in [3.05, 3.63) is 39.9 Å². The van der Waals surface area contributed by atoms with Gasteiger partial charge in [-0.1, -0.05) is 18.2 Å². The van der Waals surface area contributed by atoms with Gasteiger partial charge in [-0.3, -0.25) is 14.9 Å². The van der Waals surface area contributed by atoms with Crippen LogP contribution in [0.2, 0.25) is 0 Å². The summed E-state index contributed by atoms with van der Waals surface area (Å²) < 4.78 is 5.53. The van der Waals surface area contributed by atoms with E-state index in [2.05, 4.69) is 0 Å². The topological polar surface area (TPSA) is 93.0 Å². The molecule has 1 aromatic carbocycles. The van der Waals surface area contributed by atoms with E-state index in [0.717, 1.165) is 12.8 Å². The third-order valence-electron chi connectivity index (χ3n) is 5.11. The Labute approximate surface area is 178 Å². The van der Waals surface area contributed by atoms with Crippen LogP contribution in [0.3, 0.4) is 0 Å². The van der Waals surface area contributed by atoms with Crippen LogP contribution in [0.1, 0.15) is 53.0 Å². The Bertz CT molecular complexity index is 772. The molecule has 30 heavy (non-hydrogen) atoms. The summed E-state index contributed by atoms with van der Waals surface area (Å²) in [6.07, 6.45) is 1.42. The lowest BCUT2D eigenvalue weighted by Gasteiger charge is -2.37. The Kier molecular flexibility index (Phi) is 7.81. The molecule has 1 unspecified atom stereocenters. The van der Waals surface area contributed by atoms with E-state index >= 15 is 0 Å². The highest BCUT2D eigenvalue weighted by Crippen LogP contribution is 2.23. The highest BCUT2D eigenvalue weighted by molar-refractivity contribution is 5.80. The standard InChI is InChI=1S/C22H33N3O5/c1-16(2)24(21(27)30-22(3,4)5)15-17-9-8-12-23(14-17)20(26)13-18-10-6-7-11-19(18)25(28)29/h6-7,10-11,16-17H,8-9,12-15H2,1-5H3. The minimum Gasteiger partial charge on any atom is -0.444 e. The van der Waals surface area contributed by atoms with Crippen molar-refractivity contribution in [2.45, 2.75) is 65.5 Å². The van der Waals surface area contributed by atoms with E-state index in [9.17, 15) is 19.7 Å². The molecule has 0 saturated carbocycles. The molecule has 1 atom stereocenters. The van der Waals surface area contributed by atoms with E-state index in [4.69, 9.17) is 4.74 Å². The van der Waals surface area contributed by atoms with Crippen molar-refractivity contribution < 1.29 is 19.2 Å². The van der Waals surface area contributed by atoms with E-state index in [1.165, 1.54) is 6.07 Å². The molecule has 2 amide bonds. The molecule has 0 bridgehead atoms. The zero-order valence-electron chi connectivity index (χ0n) is 18.6. The van der Waals surface area contributed by atoms with Crippen molar-refractivity contribution in [3.63, 3.8) is 0 Å². The molecule has 8 nitrogen and oxygen atoms in total. The van der Waals surface area contributed by atoms with Crippen LogP contribution in [0.15, 0.2) is 24.3 Å². The van der Waals surface area contributed by atoms with Gasteiger partial charge in [-0.25, -0.2) is 4.79 Å². The number of piperidine rings is 1. The Balaban J connectivity index is 2.03. The summed E-state index contributed by atoms with van der Waals surface area (Å²) >= 11 is 0. The van der Waals surface area contributed by atoms with E-state index in [1.54, 1.807) is 28.0 Å². The van der Waals surface area contributed by atoms with Crippen LogP contribution in [0.4, 0.5) is 10.5 Å². The van der Waals surface area contributed by atoms with Gasteiger partial charge in [0.2, 0.25) is 5.91 Å². The molecule has 1 aromatic rings. The van der Waals surface area contributed by atoms with E-state index < -0.39 is 10.5 Å². The molecule has 0 N–H and O–H groups in total. The fourth-order valence-corrected chi connectivity index (χ4v) is 3.65. The first-order valence-electron chi connectivity index (χ1n) is 10.5. The number of benzene rings is 1. The van der Waals surface area contributed by atoms with Crippen molar-refractivity contribution in [3.8, 4) is 0 Å². The van der Waals surface area contributed by atoms with E-state index in [1.807, 2.05) is 34.6 Å². The second kappa shape index (κ2) is 9.91. The first-order chi connectivity index (χ1) is 14.0. The molecule has 1 fully saturated rings. The first kappa shape index (κ1) is 23.6. The molecule has 0 aromatic heterocycles. The number of nitro benzene ring substituents is 1. The molecule has 2 rings (SSSR count). The lowest BCUT2D eigenvalue weighted by Crippen LogP contribution is -2.48. The van der Waals surface area contributed by atoms with Crippen molar-refractivity contribution in [2.24, 2.45) is 5.92 Å². The summed E-state index contributed by atoms with van der Waals surface area (Å²) in [5.41, 5.74) is -0.175. The number of amides is 2. The summed E-state index contributed by atoms with van der Waals surface area (Å²) in [5, 5.41) is 11.2. The quantitative estimate of drug-likeness (QED) is 0.513. The molecular formula is C22H33N3O5. The molecule has 1 saturated heterocycles. The molecule has 1 aliphatic heterocycles. The fourth-order valence-electron chi connectivity index (χ4n) is 3.65. The molecule has 0 spiro atoms. The fraction of sp³-hybridized carbons (Fsp3) is 0.636. The number of likely N-dealkylation sites (tertiary alicyclic amines) is 1. The van der Waals surface area contributed by atoms with Gasteiger partial charge in [-0.15, -0.1) is 0 Å². The van der Waals surface area contributed by atoms with Crippen molar-refractivity contribution in [1.29, 1.82) is 0 Å². The van der Waals surface area contributed by atoms with Gasteiger partial charge in [-0.2, -0.15) is 0 Å². The summed E-state index contributed by atoms with van der Waals surface area (Å²) in [4.78, 5) is 39.7. The average molecular weight is 420 g/mol. The summed E-state index contributed by atoms with van der Waals surface area (Å²) in [5.74, 6) is 0.0192. The molecule has 0 aliphatic carbocycles. The zero-order valence-corrected chi connectivity index (χ0v) is 18.6. The normalized spacial score (nSPS) is 17.0. The summed E-state index contributed by atoms with van der Waals surface area (Å²) in [6.45, 7) is 11.1. The van der Waals surface area contributed by atoms with E-state index in [-0.39, 0.29) is 36.1 Å². The van der Waals surface area contributed by atoms with Crippen LogP contribution >= 0.6 is 0 Å². The minimum absolute atomic E-state index is 0.00380. The van der Waals surface area contributed by atoms with Crippen molar-refractivity contribution in [2.75, 3.05) is 19.6 Å². The highest BCUT2D eigenvalue weighted by atomic mass is 16.6. The third-order valence-corrected chi connectivity index (χ3v) is 5.11. The maximum absolute atomic E-state index is 12.8. The SMILES string of the molecule is CC(C)N(CC1CCCN(C(=O)Cc2ccccc2[N+](=O)[O-])C1)C(=O)OC(C)(C)C. The molecule has 1 aliphatic rings. The van der Waals surface area contributed by atoms with Gasteiger partial charge in [0.15, 0.2) is 0 Å². The smallest absolute Gasteiger partial charge is 0.410 e. The van der Waals surface area contributed by atoms with Gasteiger partial charge in [-0.05, 0) is 53.4 Å². The monoisotopic (exact) mass is 419 g/mol. The maximum atomic E-state index is 12.8. The predicted octanol–water partition coefficient (Wildman–Crippen LogP) is 4.02. The zero-order chi connectivity index (χ0) is 22.5. The summed E-state index contributed by atoms with van der Waals surface area (Å²) in [6, 6.07) is 6.33. The number of hydrogen-bond donors (Lipinski definition) is 0. The van der Waals surface area contributed by atoms with Gasteiger partial charge in [0.1, 0.15) is 5.60 Å². The minimum atomic E-state index is -0.566. The Hall–Kier alpha value is -2.64. The largest absolute Gasteiger partial charge is 0.444 e. The molecule has 8 heteroatoms. The molecule has 1 heterocycles. The number of hydrogen-bond acceptors (Lipinski definition) is 5. The Morgan fingerprint density at radius 2 is 1.97 bits per heavy atom. The first-order valence-corrected chi connectivity index (χ1v) is 10.5. The number of para-hydroxylation sites is 1. The van der Waals surface area contributed by atoms with Gasteiger partial charge in [0.05, 0.1) is 11.3 Å². The second-order valence-electron chi connectivity index (χ2n) is 9.14. The van der Waals surface area contributed by atoms with Gasteiger partial charge >= 0.3 is 6.09 Å². The summed E-state index contributed by atoms with van der Waals surface area (Å²) in [7, 11) is 0. The second-order valence-corrected chi connectivity index (χ2v) is 9.14. The van der Waals surface area contributed by atoms with Crippen LogP contribution < -0.4 is 0 Å². The van der Waals surface area contributed by atoms with Crippen LogP contribution in [0.25, 0.3) is 0 Å². The number of carbonyl (C=O) groups excluding carboxylic acids is 2. The number of ether oxygens (including phenoxy) is 1. The molecule has 0 radical (unpaired) electrons. The number of nitrogens with zero attached hydrogens (tertiary/aromatic N) is 3. The van der Waals surface area contributed by atoms with Crippen molar-refractivity contribution >= 4 is 17.7 Å². The van der Waals surface area contributed by atoms with Crippen LogP contribution in [0, 0.1) is 16.0 Å². The Morgan fingerprint density at radius 3 is 2.57 bits per heavy atom. The average Bonchev–Trinajstić information content (AvgIpc) is 2.65. The van der Waals surface area contributed by atoms with Crippen molar-refractivity contribution in [1.82, 2.24) is 9.80 Å². The maximum Gasteiger partial charge on any atom is 0.410 e. The van der Waals surface area contributed by atoms with Gasteiger partial charge < -0.3 is 14.5 Å². The van der Waals surface area contributed by atoms with Gasteiger partial charge in [0.25, 0.3) is 5.69 Å². The Morgan fingerprint density at radius 1 is 1.30 bits per heavy atom. The number of carbonyl (C=O) groups is 2. The number of nitro groups is 1. The predicted molar refractivity (Wildman–Crippen MR) is 114 cm³/mol. The lowest BCUT2D eigenvalue weighted by atomic mass is 9.96. The molecule has 166 valence electrons. The van der Waals surface area contributed by atoms with Crippen LogP contribution in [0.5, 0.6) is 0 Å². The lowest BCUT2D eigenvalue weighted by molar-refractivity contribution is -0.385. The third kappa shape index (κ3) is 6.71. The highest BCUT2D eigenvalue weighted by Gasteiger charge is 2.30. The van der Waals surface area contributed by atoms with Gasteiger partial charge in [0, 0.05) is 37.3 Å².